The molecule has 148 valence electrons. The first-order valence-electron chi connectivity index (χ1n) is 10.1. The minimum absolute atomic E-state index is 0.0000198. The van der Waals surface area contributed by atoms with Gasteiger partial charge in [-0.2, -0.15) is 0 Å². The number of amides is 1. The molecule has 0 saturated heterocycles. The summed E-state index contributed by atoms with van der Waals surface area (Å²) in [5, 5.41) is 3.86. The third-order valence-electron chi connectivity index (χ3n) is 7.77. The Bertz CT molecular complexity index is 1190. The zero-order valence-electron chi connectivity index (χ0n) is 17.1. The SMILES string of the molecule is Cc1cc(Cl)ccc1NC(=O)C12CCC(C)(c3nc4ccccc4nc31)C2(C)C. The van der Waals surface area contributed by atoms with Crippen LogP contribution < -0.4 is 5.32 Å². The quantitative estimate of drug-likeness (QED) is 0.607. The summed E-state index contributed by atoms with van der Waals surface area (Å²) in [5.74, 6) is -0.0000198. The number of halogens is 1. The molecular weight excluding hydrogens is 382 g/mol. The molecule has 5 rings (SSSR count). The number of para-hydroxylation sites is 2. The summed E-state index contributed by atoms with van der Waals surface area (Å²) in [5.41, 5.74) is 4.10. The molecule has 2 atom stereocenters. The van der Waals surface area contributed by atoms with Gasteiger partial charge in [0.15, 0.2) is 0 Å². The van der Waals surface area contributed by atoms with Gasteiger partial charge in [0.05, 0.1) is 27.8 Å². The highest BCUT2D eigenvalue weighted by atomic mass is 35.5. The number of fused-ring (bicyclic) bond motifs is 6. The summed E-state index contributed by atoms with van der Waals surface area (Å²) in [7, 11) is 0. The standard InChI is InChI=1S/C24H24ClN3O/c1-14-13-15(25)9-10-16(14)28-21(29)24-12-11-23(4,22(24,2)3)19-20(24)27-18-8-6-5-7-17(18)26-19/h5-10,13H,11-12H2,1-4H3,(H,28,29). The second-order valence-corrected chi connectivity index (χ2v) is 9.62. The van der Waals surface area contributed by atoms with E-state index in [1.54, 1.807) is 0 Å². The van der Waals surface area contributed by atoms with E-state index >= 15 is 0 Å². The Balaban J connectivity index is 1.69. The summed E-state index contributed by atoms with van der Waals surface area (Å²) in [6, 6.07) is 13.5. The van der Waals surface area contributed by atoms with Gasteiger partial charge in [0.25, 0.3) is 0 Å². The van der Waals surface area contributed by atoms with E-state index in [0.717, 1.165) is 46.5 Å². The third kappa shape index (κ3) is 2.18. The van der Waals surface area contributed by atoms with Crippen molar-refractivity contribution < 1.29 is 4.79 Å². The van der Waals surface area contributed by atoms with E-state index in [9.17, 15) is 4.79 Å². The van der Waals surface area contributed by atoms with Crippen molar-refractivity contribution in [3.63, 3.8) is 0 Å². The first-order valence-corrected chi connectivity index (χ1v) is 10.4. The number of carbonyl (C=O) groups excluding carboxylic acids is 1. The maximum absolute atomic E-state index is 13.9. The molecule has 2 aromatic carbocycles. The number of carbonyl (C=O) groups is 1. The highest BCUT2D eigenvalue weighted by Gasteiger charge is 2.73. The van der Waals surface area contributed by atoms with Gasteiger partial charge in [-0.3, -0.25) is 4.79 Å². The molecule has 2 aliphatic rings. The van der Waals surface area contributed by atoms with Crippen LogP contribution in [0.1, 0.15) is 50.6 Å². The van der Waals surface area contributed by atoms with Crippen LogP contribution in [-0.2, 0) is 15.6 Å². The van der Waals surface area contributed by atoms with E-state index in [0.29, 0.717) is 5.02 Å². The van der Waals surface area contributed by atoms with E-state index in [-0.39, 0.29) is 16.7 Å². The Kier molecular flexibility index (Phi) is 3.71. The number of aryl methyl sites for hydroxylation is 1. The van der Waals surface area contributed by atoms with Gasteiger partial charge < -0.3 is 5.32 Å². The number of nitrogens with zero attached hydrogens (tertiary/aromatic N) is 2. The van der Waals surface area contributed by atoms with Crippen LogP contribution in [0.25, 0.3) is 11.0 Å². The monoisotopic (exact) mass is 405 g/mol. The van der Waals surface area contributed by atoms with Crippen LogP contribution in [0.4, 0.5) is 5.69 Å². The van der Waals surface area contributed by atoms with Gasteiger partial charge in [-0.25, -0.2) is 9.97 Å². The smallest absolute Gasteiger partial charge is 0.237 e. The number of rotatable bonds is 2. The number of nitrogens with one attached hydrogen (secondary N) is 1. The zero-order chi connectivity index (χ0) is 20.6. The zero-order valence-corrected chi connectivity index (χ0v) is 17.9. The summed E-state index contributed by atoms with van der Waals surface area (Å²) >= 11 is 6.10. The Morgan fingerprint density at radius 1 is 1.00 bits per heavy atom. The highest BCUT2D eigenvalue weighted by molar-refractivity contribution is 6.30. The Morgan fingerprint density at radius 3 is 2.31 bits per heavy atom. The van der Waals surface area contributed by atoms with Gasteiger partial charge >= 0.3 is 0 Å². The van der Waals surface area contributed by atoms with Crippen molar-refractivity contribution in [1.82, 2.24) is 9.97 Å². The van der Waals surface area contributed by atoms with E-state index in [1.165, 1.54) is 0 Å². The summed E-state index contributed by atoms with van der Waals surface area (Å²) < 4.78 is 0. The maximum atomic E-state index is 13.9. The van der Waals surface area contributed by atoms with Gasteiger partial charge in [0, 0.05) is 16.1 Å². The number of anilines is 1. The van der Waals surface area contributed by atoms with Crippen LogP contribution in [0.15, 0.2) is 42.5 Å². The lowest BCUT2D eigenvalue weighted by Crippen LogP contribution is -2.48. The second-order valence-electron chi connectivity index (χ2n) is 9.19. The van der Waals surface area contributed by atoms with Crippen molar-refractivity contribution in [2.24, 2.45) is 5.41 Å². The van der Waals surface area contributed by atoms with Crippen molar-refractivity contribution in [3.8, 4) is 0 Å². The Labute approximate surface area is 175 Å². The van der Waals surface area contributed by atoms with E-state index in [2.05, 4.69) is 26.1 Å². The largest absolute Gasteiger partial charge is 0.325 e. The van der Waals surface area contributed by atoms with Gasteiger partial charge in [0.2, 0.25) is 5.91 Å². The van der Waals surface area contributed by atoms with E-state index in [1.807, 2.05) is 49.4 Å². The minimum Gasteiger partial charge on any atom is -0.325 e. The molecule has 1 saturated carbocycles. The molecular formula is C24H24ClN3O. The topological polar surface area (TPSA) is 54.9 Å². The summed E-state index contributed by atoms with van der Waals surface area (Å²) in [6.45, 7) is 8.59. The van der Waals surface area contributed by atoms with Crippen molar-refractivity contribution in [2.45, 2.75) is 51.4 Å². The van der Waals surface area contributed by atoms with Crippen LogP contribution in [0.5, 0.6) is 0 Å². The van der Waals surface area contributed by atoms with Crippen LogP contribution >= 0.6 is 11.6 Å². The molecule has 0 spiro atoms. The fraction of sp³-hybridized carbons (Fsp3) is 0.375. The lowest BCUT2D eigenvalue weighted by Gasteiger charge is -2.39. The molecule has 3 aromatic rings. The van der Waals surface area contributed by atoms with Crippen molar-refractivity contribution in [3.05, 3.63) is 64.4 Å². The van der Waals surface area contributed by atoms with Crippen LogP contribution in [0, 0.1) is 12.3 Å². The predicted molar refractivity (Wildman–Crippen MR) is 116 cm³/mol. The van der Waals surface area contributed by atoms with Crippen LogP contribution in [0.2, 0.25) is 5.02 Å². The number of aromatic nitrogens is 2. The van der Waals surface area contributed by atoms with Crippen molar-refractivity contribution in [1.29, 1.82) is 0 Å². The fourth-order valence-corrected chi connectivity index (χ4v) is 5.77. The Hall–Kier alpha value is -2.46. The molecule has 1 N–H and O–H groups in total. The average Bonchev–Trinajstić information content (AvgIpc) is 2.98. The van der Waals surface area contributed by atoms with Gasteiger partial charge in [-0.05, 0) is 61.1 Å². The molecule has 2 unspecified atom stereocenters. The molecule has 0 radical (unpaired) electrons. The molecule has 29 heavy (non-hydrogen) atoms. The summed E-state index contributed by atoms with van der Waals surface area (Å²) in [6.07, 6.45) is 1.70. The van der Waals surface area contributed by atoms with E-state index < -0.39 is 5.41 Å². The molecule has 2 bridgehead atoms. The van der Waals surface area contributed by atoms with Crippen LogP contribution in [0.3, 0.4) is 0 Å². The minimum atomic E-state index is -0.708. The molecule has 1 fully saturated rings. The molecule has 1 amide bonds. The number of benzene rings is 2. The molecule has 4 nitrogen and oxygen atoms in total. The van der Waals surface area contributed by atoms with Crippen molar-refractivity contribution >= 4 is 34.2 Å². The van der Waals surface area contributed by atoms with Gasteiger partial charge in [0.1, 0.15) is 0 Å². The average molecular weight is 406 g/mol. The molecule has 0 aliphatic heterocycles. The fourth-order valence-electron chi connectivity index (χ4n) is 5.55. The lowest BCUT2D eigenvalue weighted by molar-refractivity contribution is -0.125. The number of hydrogen-bond acceptors (Lipinski definition) is 3. The van der Waals surface area contributed by atoms with Gasteiger partial charge in [-0.15, -0.1) is 0 Å². The molecule has 1 aromatic heterocycles. The van der Waals surface area contributed by atoms with Gasteiger partial charge in [-0.1, -0.05) is 44.5 Å². The molecule has 2 aliphatic carbocycles. The Morgan fingerprint density at radius 2 is 1.66 bits per heavy atom. The molecule has 1 heterocycles. The van der Waals surface area contributed by atoms with Crippen molar-refractivity contribution in [2.75, 3.05) is 5.32 Å². The number of hydrogen-bond donors (Lipinski definition) is 1. The van der Waals surface area contributed by atoms with E-state index in [4.69, 9.17) is 21.6 Å². The first-order chi connectivity index (χ1) is 13.7. The highest BCUT2D eigenvalue weighted by Crippen LogP contribution is 2.70. The second kappa shape index (κ2) is 5.79. The van der Waals surface area contributed by atoms with Crippen LogP contribution in [-0.4, -0.2) is 15.9 Å². The first kappa shape index (κ1) is 18.6. The maximum Gasteiger partial charge on any atom is 0.237 e. The lowest BCUT2D eigenvalue weighted by atomic mass is 9.63. The summed E-state index contributed by atoms with van der Waals surface area (Å²) in [4.78, 5) is 23.9. The third-order valence-corrected chi connectivity index (χ3v) is 8.00. The predicted octanol–water partition coefficient (Wildman–Crippen LogP) is 5.56. The molecule has 5 heteroatoms. The normalized spacial score (nSPS) is 26.5.